The molecule has 164 valence electrons. The van der Waals surface area contributed by atoms with E-state index < -0.39 is 27.7 Å². The fourth-order valence-corrected chi connectivity index (χ4v) is 5.31. The monoisotopic (exact) mass is 472 g/mol. The van der Waals surface area contributed by atoms with E-state index in [4.69, 9.17) is 0 Å². The summed E-state index contributed by atoms with van der Waals surface area (Å²) in [6, 6.07) is 10.7. The van der Waals surface area contributed by atoms with Gasteiger partial charge in [-0.25, -0.2) is 27.3 Å². The summed E-state index contributed by atoms with van der Waals surface area (Å²) < 4.78 is 41.1. The van der Waals surface area contributed by atoms with Crippen LogP contribution in [-0.4, -0.2) is 33.0 Å². The van der Waals surface area contributed by atoms with Crippen LogP contribution in [0.5, 0.6) is 0 Å². The highest BCUT2D eigenvalue weighted by Gasteiger charge is 2.28. The number of aryl methyl sites for hydroxylation is 1. The van der Waals surface area contributed by atoms with Crippen LogP contribution < -0.4 is 15.4 Å². The molecule has 1 aromatic heterocycles. The molecule has 0 aliphatic carbocycles. The largest absolute Gasteiger partial charge is 0.388 e. The van der Waals surface area contributed by atoms with Gasteiger partial charge in [-0.1, -0.05) is 0 Å². The Hall–Kier alpha value is -3.57. The lowest BCUT2D eigenvalue weighted by Gasteiger charge is -2.09. The number of carbonyl (C=O) groups is 2. The van der Waals surface area contributed by atoms with Crippen molar-refractivity contribution in [3.05, 3.63) is 70.4 Å². The summed E-state index contributed by atoms with van der Waals surface area (Å²) in [5.74, 6) is -1.19. The van der Waals surface area contributed by atoms with Crippen LogP contribution in [0.1, 0.15) is 20.8 Å². The van der Waals surface area contributed by atoms with E-state index in [0.29, 0.717) is 11.3 Å². The summed E-state index contributed by atoms with van der Waals surface area (Å²) in [6.45, 7) is 1.74. The molecule has 8 nitrogen and oxygen atoms in total. The average molecular weight is 473 g/mol. The second kappa shape index (κ2) is 8.17. The smallest absolute Gasteiger partial charge is 0.333 e. The number of halogens is 1. The summed E-state index contributed by atoms with van der Waals surface area (Å²) >= 11 is 1.02. The third-order valence-corrected chi connectivity index (χ3v) is 7.49. The molecule has 4 rings (SSSR count). The summed E-state index contributed by atoms with van der Waals surface area (Å²) in [6.07, 6.45) is 0. The van der Waals surface area contributed by atoms with Crippen molar-refractivity contribution in [2.75, 3.05) is 17.7 Å². The second-order valence-electron chi connectivity index (χ2n) is 6.89. The number of nitrogens with one attached hydrogen (secondary N) is 3. The standard InChI is InChI=1S/C21H17FN4O4S2/c1-11-3-8-18(31-11)32(29,30)26-21(28)24-13-5-6-14(16(22)9-13)19-20(27)15-7-4-12(23-2)10-17(15)25-19/h3-10,23H,1-2H3,(H2,24,26,28). The number of nitrogens with zero attached hydrogens (tertiary/aromatic N) is 1. The molecule has 1 aliphatic rings. The maximum absolute atomic E-state index is 14.8. The minimum atomic E-state index is -4.04. The fourth-order valence-electron chi connectivity index (χ4n) is 3.12. The SMILES string of the molecule is CNc1ccc2c(c1)N=C(c1ccc(NC(=O)NS(=O)(=O)c3ccc(C)s3)cc1F)C2=O. The van der Waals surface area contributed by atoms with Crippen molar-refractivity contribution in [1.82, 2.24) is 4.72 Å². The molecule has 0 saturated carbocycles. The van der Waals surface area contributed by atoms with E-state index in [1.165, 1.54) is 18.2 Å². The molecule has 3 aromatic rings. The van der Waals surface area contributed by atoms with Crippen molar-refractivity contribution < 1.29 is 22.4 Å². The molecule has 3 N–H and O–H groups in total. The van der Waals surface area contributed by atoms with Crippen molar-refractivity contribution in [2.24, 2.45) is 4.99 Å². The van der Waals surface area contributed by atoms with Gasteiger partial charge >= 0.3 is 6.03 Å². The molecule has 2 amide bonds. The Labute approximate surface area is 187 Å². The molecular weight excluding hydrogens is 455 g/mol. The minimum absolute atomic E-state index is 0.00886. The predicted molar refractivity (Wildman–Crippen MR) is 121 cm³/mol. The summed E-state index contributed by atoms with van der Waals surface area (Å²) in [5.41, 5.74) is 1.52. The maximum atomic E-state index is 14.8. The molecule has 0 spiro atoms. The lowest BCUT2D eigenvalue weighted by molar-refractivity contribution is 0.107. The van der Waals surface area contributed by atoms with Crippen molar-refractivity contribution >= 4 is 55.9 Å². The van der Waals surface area contributed by atoms with E-state index in [0.717, 1.165) is 28.0 Å². The Morgan fingerprint density at radius 2 is 1.75 bits per heavy atom. The van der Waals surface area contributed by atoms with E-state index in [2.05, 4.69) is 15.6 Å². The molecule has 0 unspecified atom stereocenters. The number of fused-ring (bicyclic) bond motifs is 1. The van der Waals surface area contributed by atoms with Gasteiger partial charge in [0.05, 0.1) is 11.3 Å². The summed E-state index contributed by atoms with van der Waals surface area (Å²) in [4.78, 5) is 29.8. The zero-order valence-corrected chi connectivity index (χ0v) is 18.5. The second-order valence-corrected chi connectivity index (χ2v) is 10.1. The molecule has 0 fully saturated rings. The maximum Gasteiger partial charge on any atom is 0.333 e. The molecule has 0 saturated heterocycles. The van der Waals surface area contributed by atoms with Crippen molar-refractivity contribution in [3.8, 4) is 0 Å². The van der Waals surface area contributed by atoms with Gasteiger partial charge in [0.1, 0.15) is 15.7 Å². The van der Waals surface area contributed by atoms with E-state index >= 15 is 0 Å². The Kier molecular flexibility index (Phi) is 5.53. The lowest BCUT2D eigenvalue weighted by Crippen LogP contribution is -2.34. The number of ketones is 1. The van der Waals surface area contributed by atoms with Crippen LogP contribution in [0.15, 0.2) is 57.7 Å². The average Bonchev–Trinajstić information content (AvgIpc) is 3.31. The zero-order valence-electron chi connectivity index (χ0n) is 16.9. The first-order valence-corrected chi connectivity index (χ1v) is 11.6. The molecule has 1 aliphatic heterocycles. The van der Waals surface area contributed by atoms with Crippen LogP contribution in [0.4, 0.5) is 26.2 Å². The van der Waals surface area contributed by atoms with Gasteiger partial charge in [-0.2, -0.15) is 0 Å². The van der Waals surface area contributed by atoms with Crippen LogP contribution in [0.25, 0.3) is 0 Å². The van der Waals surface area contributed by atoms with E-state index in [1.807, 2.05) is 4.72 Å². The van der Waals surface area contributed by atoms with Gasteiger partial charge in [0, 0.05) is 28.9 Å². The number of hydrogen-bond donors (Lipinski definition) is 3. The Morgan fingerprint density at radius 3 is 2.41 bits per heavy atom. The van der Waals surface area contributed by atoms with E-state index in [-0.39, 0.29) is 21.2 Å². The third-order valence-electron chi connectivity index (χ3n) is 4.67. The highest BCUT2D eigenvalue weighted by molar-refractivity contribution is 7.92. The number of urea groups is 1. The number of anilines is 2. The topological polar surface area (TPSA) is 117 Å². The van der Waals surface area contributed by atoms with Gasteiger partial charge in [-0.3, -0.25) is 4.79 Å². The number of benzene rings is 2. The number of aliphatic imine (C=N–C) groups is 1. The first kappa shape index (κ1) is 21.7. The molecule has 2 heterocycles. The normalized spacial score (nSPS) is 12.8. The van der Waals surface area contributed by atoms with Gasteiger partial charge in [0.15, 0.2) is 0 Å². The van der Waals surface area contributed by atoms with E-state index in [1.54, 1.807) is 38.2 Å². The van der Waals surface area contributed by atoms with Crippen LogP contribution in [0.2, 0.25) is 0 Å². The van der Waals surface area contributed by atoms with Gasteiger partial charge < -0.3 is 10.6 Å². The van der Waals surface area contributed by atoms with E-state index in [9.17, 15) is 22.4 Å². The molecule has 11 heteroatoms. The zero-order chi connectivity index (χ0) is 23.0. The fraction of sp³-hybridized carbons (Fsp3) is 0.0952. The first-order chi connectivity index (χ1) is 15.2. The first-order valence-electron chi connectivity index (χ1n) is 9.33. The Balaban J connectivity index is 1.51. The summed E-state index contributed by atoms with van der Waals surface area (Å²) in [5, 5.41) is 5.23. The number of carbonyl (C=O) groups excluding carboxylic acids is 2. The van der Waals surface area contributed by atoms with Gasteiger partial charge in [-0.15, -0.1) is 11.3 Å². The Bertz CT molecular complexity index is 1400. The molecule has 32 heavy (non-hydrogen) atoms. The molecular formula is C21H17FN4O4S2. The van der Waals surface area contributed by atoms with Crippen molar-refractivity contribution in [3.63, 3.8) is 0 Å². The van der Waals surface area contributed by atoms with Crippen LogP contribution >= 0.6 is 11.3 Å². The molecule has 0 bridgehead atoms. The number of Topliss-reactive ketones (excluding diaryl/α,β-unsaturated/α-hetero) is 1. The number of rotatable bonds is 5. The minimum Gasteiger partial charge on any atom is -0.388 e. The number of thiophene rings is 1. The van der Waals surface area contributed by atoms with Gasteiger partial charge in [0.2, 0.25) is 5.78 Å². The molecule has 2 aromatic carbocycles. The van der Waals surface area contributed by atoms with Crippen molar-refractivity contribution in [2.45, 2.75) is 11.1 Å². The summed E-state index contributed by atoms with van der Waals surface area (Å²) in [7, 11) is -2.31. The highest BCUT2D eigenvalue weighted by atomic mass is 32.2. The van der Waals surface area contributed by atoms with Crippen LogP contribution in [-0.2, 0) is 10.0 Å². The van der Waals surface area contributed by atoms with Gasteiger partial charge in [0.25, 0.3) is 10.0 Å². The van der Waals surface area contributed by atoms with Crippen molar-refractivity contribution in [1.29, 1.82) is 0 Å². The molecule has 0 radical (unpaired) electrons. The molecule has 0 atom stereocenters. The Morgan fingerprint density at radius 1 is 1.03 bits per heavy atom. The quantitative estimate of drug-likeness (QED) is 0.518. The van der Waals surface area contributed by atoms with Gasteiger partial charge in [-0.05, 0) is 55.5 Å². The highest BCUT2D eigenvalue weighted by Crippen LogP contribution is 2.32. The number of sulfonamides is 1. The number of hydrogen-bond acceptors (Lipinski definition) is 7. The third kappa shape index (κ3) is 4.12. The lowest BCUT2D eigenvalue weighted by atomic mass is 10.0. The number of amides is 2. The van der Waals surface area contributed by atoms with Crippen LogP contribution in [0, 0.1) is 12.7 Å². The predicted octanol–water partition coefficient (Wildman–Crippen LogP) is 4.06. The van der Waals surface area contributed by atoms with Crippen LogP contribution in [0.3, 0.4) is 0 Å².